The second-order valence-electron chi connectivity index (χ2n) is 8.81. The van der Waals surface area contributed by atoms with Gasteiger partial charge >= 0.3 is 0 Å². The summed E-state index contributed by atoms with van der Waals surface area (Å²) in [5.41, 5.74) is 3.48. The minimum Gasteiger partial charge on any atom is -0.490 e. The molecule has 0 bridgehead atoms. The number of rotatable bonds is 6. The largest absolute Gasteiger partial charge is 0.490 e. The summed E-state index contributed by atoms with van der Waals surface area (Å²) in [6.45, 7) is 9.65. The first-order valence-corrected chi connectivity index (χ1v) is 12.7. The van der Waals surface area contributed by atoms with Crippen LogP contribution in [0.5, 0.6) is 5.75 Å². The number of amides is 1. The number of morpholine rings is 1. The first-order valence-electron chi connectivity index (χ1n) is 11.9. The van der Waals surface area contributed by atoms with Gasteiger partial charge in [-0.1, -0.05) is 30.9 Å². The number of aliphatic imine (C=N–C) groups is 1. The van der Waals surface area contributed by atoms with Crippen LogP contribution in [0.4, 0.5) is 0 Å². The normalized spacial score (nSPS) is 21.1. The molecule has 0 spiro atoms. The van der Waals surface area contributed by atoms with E-state index in [-0.39, 0.29) is 18.1 Å². The van der Waals surface area contributed by atoms with Crippen LogP contribution in [-0.4, -0.2) is 57.7 Å². The molecular formula is C28H28N4O3S. The van der Waals surface area contributed by atoms with E-state index in [4.69, 9.17) is 14.6 Å². The maximum Gasteiger partial charge on any atom is 0.286 e. The van der Waals surface area contributed by atoms with Gasteiger partial charge in [0.25, 0.3) is 5.91 Å². The van der Waals surface area contributed by atoms with Crippen LogP contribution in [0.15, 0.2) is 83.3 Å². The minimum atomic E-state index is -0.228. The first kappa shape index (κ1) is 24.1. The number of thioether (sulfide) groups is 1. The summed E-state index contributed by atoms with van der Waals surface area (Å²) in [4.78, 5) is 20.0. The number of hydrogen-bond acceptors (Lipinski definition) is 6. The molecule has 1 saturated heterocycles. The molecule has 184 valence electrons. The van der Waals surface area contributed by atoms with Gasteiger partial charge < -0.3 is 14.4 Å². The van der Waals surface area contributed by atoms with Gasteiger partial charge in [-0.25, -0.2) is 4.68 Å². The van der Waals surface area contributed by atoms with Crippen molar-refractivity contribution in [1.82, 2.24) is 14.7 Å². The number of aromatic nitrogens is 2. The fourth-order valence-electron chi connectivity index (χ4n) is 4.30. The Kier molecular flexibility index (Phi) is 7.06. The number of nitrogens with zero attached hydrogens (tertiary/aromatic N) is 4. The molecule has 5 rings (SSSR count). The number of carbonyl (C=O) groups is 1. The number of amidine groups is 1. The van der Waals surface area contributed by atoms with E-state index in [9.17, 15) is 4.79 Å². The molecule has 2 aliphatic heterocycles. The summed E-state index contributed by atoms with van der Waals surface area (Å²) in [7, 11) is 0. The molecule has 36 heavy (non-hydrogen) atoms. The van der Waals surface area contributed by atoms with E-state index in [1.807, 2.05) is 85.4 Å². The lowest BCUT2D eigenvalue weighted by atomic mass is 10.1. The van der Waals surface area contributed by atoms with Crippen molar-refractivity contribution in [1.29, 1.82) is 0 Å². The Morgan fingerprint density at radius 1 is 1.11 bits per heavy atom. The van der Waals surface area contributed by atoms with Gasteiger partial charge in [0.05, 0.1) is 28.5 Å². The van der Waals surface area contributed by atoms with Gasteiger partial charge in [0.1, 0.15) is 12.4 Å². The van der Waals surface area contributed by atoms with E-state index in [0.29, 0.717) is 24.6 Å². The highest BCUT2D eigenvalue weighted by Crippen LogP contribution is 2.34. The molecule has 0 aliphatic carbocycles. The van der Waals surface area contributed by atoms with Crippen LogP contribution < -0.4 is 4.74 Å². The van der Waals surface area contributed by atoms with Gasteiger partial charge in [0.15, 0.2) is 5.17 Å². The summed E-state index contributed by atoms with van der Waals surface area (Å²) >= 11 is 1.41. The predicted octanol–water partition coefficient (Wildman–Crippen LogP) is 5.18. The van der Waals surface area contributed by atoms with Crippen molar-refractivity contribution in [3.63, 3.8) is 0 Å². The van der Waals surface area contributed by atoms with Crippen LogP contribution in [0.1, 0.15) is 19.4 Å². The summed E-state index contributed by atoms with van der Waals surface area (Å²) < 4.78 is 13.3. The van der Waals surface area contributed by atoms with Crippen molar-refractivity contribution < 1.29 is 14.3 Å². The Morgan fingerprint density at radius 2 is 1.83 bits per heavy atom. The van der Waals surface area contributed by atoms with Crippen molar-refractivity contribution in [2.45, 2.75) is 26.1 Å². The van der Waals surface area contributed by atoms with Crippen LogP contribution in [0, 0.1) is 0 Å². The Balaban J connectivity index is 1.46. The topological polar surface area (TPSA) is 68.9 Å². The Bertz CT molecular complexity index is 1300. The van der Waals surface area contributed by atoms with Gasteiger partial charge in [0, 0.05) is 30.4 Å². The SMILES string of the molecule is C=CCOc1ccc(-c2nn(-c3ccccc3)cc2/C=C2/SC(N3C[C@@H](C)O[C@@H](C)C3)=NC2=O)cc1. The lowest BCUT2D eigenvalue weighted by Gasteiger charge is -2.35. The Hall–Kier alpha value is -3.62. The highest BCUT2D eigenvalue weighted by molar-refractivity contribution is 8.18. The molecule has 0 unspecified atom stereocenters. The molecule has 0 saturated carbocycles. The van der Waals surface area contributed by atoms with Crippen LogP contribution in [-0.2, 0) is 9.53 Å². The number of benzene rings is 2. The third-order valence-corrected chi connectivity index (χ3v) is 6.89. The van der Waals surface area contributed by atoms with E-state index < -0.39 is 0 Å². The average Bonchev–Trinajstić information content (AvgIpc) is 3.47. The quantitative estimate of drug-likeness (QED) is 0.343. The number of hydrogen-bond donors (Lipinski definition) is 0. The van der Waals surface area contributed by atoms with Gasteiger partial charge in [-0.05, 0) is 68.1 Å². The third-order valence-electron chi connectivity index (χ3n) is 5.84. The van der Waals surface area contributed by atoms with Crippen LogP contribution >= 0.6 is 11.8 Å². The van der Waals surface area contributed by atoms with Gasteiger partial charge in [-0.3, -0.25) is 4.79 Å². The second kappa shape index (κ2) is 10.6. The Labute approximate surface area is 215 Å². The summed E-state index contributed by atoms with van der Waals surface area (Å²) in [5.74, 6) is 0.531. The standard InChI is InChI=1S/C28H28N4O3S/c1-4-14-34-24-12-10-21(11-13-24)26-22(18-32(30-26)23-8-6-5-7-9-23)15-25-27(33)29-28(36-25)31-16-19(2)35-20(3)17-31/h4-13,15,18-20H,1,14,16-17H2,2-3H3/b25-15+/t19-,20+. The smallest absolute Gasteiger partial charge is 0.286 e. The number of para-hydroxylation sites is 1. The zero-order valence-corrected chi connectivity index (χ0v) is 21.1. The molecule has 7 nitrogen and oxygen atoms in total. The fourth-order valence-corrected chi connectivity index (χ4v) is 5.23. The van der Waals surface area contributed by atoms with Crippen LogP contribution in [0.2, 0.25) is 0 Å². The van der Waals surface area contributed by atoms with Crippen molar-refractivity contribution in [2.24, 2.45) is 4.99 Å². The maximum atomic E-state index is 12.9. The molecule has 0 N–H and O–H groups in total. The third kappa shape index (κ3) is 5.29. The predicted molar refractivity (Wildman–Crippen MR) is 144 cm³/mol. The second-order valence-corrected chi connectivity index (χ2v) is 9.82. The zero-order chi connectivity index (χ0) is 25.1. The van der Waals surface area contributed by atoms with E-state index in [1.165, 1.54) is 11.8 Å². The van der Waals surface area contributed by atoms with E-state index in [1.54, 1.807) is 6.08 Å². The highest BCUT2D eigenvalue weighted by atomic mass is 32.2. The molecule has 2 atom stereocenters. The molecule has 8 heteroatoms. The lowest BCUT2D eigenvalue weighted by molar-refractivity contribution is -0.113. The molecule has 2 aromatic carbocycles. The van der Waals surface area contributed by atoms with Crippen LogP contribution in [0.25, 0.3) is 23.0 Å². The van der Waals surface area contributed by atoms with E-state index in [0.717, 1.165) is 33.4 Å². The summed E-state index contributed by atoms with van der Waals surface area (Å²) in [6, 6.07) is 17.7. The van der Waals surface area contributed by atoms with Crippen LogP contribution in [0.3, 0.4) is 0 Å². The highest BCUT2D eigenvalue weighted by Gasteiger charge is 2.31. The number of carbonyl (C=O) groups excluding carboxylic acids is 1. The van der Waals surface area contributed by atoms with Crippen molar-refractivity contribution in [3.8, 4) is 22.7 Å². The lowest BCUT2D eigenvalue weighted by Crippen LogP contribution is -2.47. The summed E-state index contributed by atoms with van der Waals surface area (Å²) in [6.07, 6.45) is 5.74. The number of ether oxygens (including phenoxy) is 2. The molecule has 1 aromatic heterocycles. The average molecular weight is 501 g/mol. The molecule has 1 amide bonds. The van der Waals surface area contributed by atoms with Gasteiger partial charge in [0.2, 0.25) is 0 Å². The van der Waals surface area contributed by atoms with Crippen molar-refractivity contribution in [3.05, 3.63) is 83.9 Å². The first-order chi connectivity index (χ1) is 17.5. The molecular weight excluding hydrogens is 472 g/mol. The fraction of sp³-hybridized carbons (Fsp3) is 0.250. The van der Waals surface area contributed by atoms with E-state index in [2.05, 4.69) is 16.5 Å². The summed E-state index contributed by atoms with van der Waals surface area (Å²) in [5, 5.41) is 5.60. The monoisotopic (exact) mass is 500 g/mol. The van der Waals surface area contributed by atoms with Crippen molar-refractivity contribution >= 4 is 28.9 Å². The molecule has 1 fully saturated rings. The minimum absolute atomic E-state index is 0.0920. The molecule has 3 heterocycles. The van der Waals surface area contributed by atoms with Crippen molar-refractivity contribution in [2.75, 3.05) is 19.7 Å². The molecule has 2 aliphatic rings. The van der Waals surface area contributed by atoms with Gasteiger partial charge in [-0.2, -0.15) is 10.1 Å². The van der Waals surface area contributed by atoms with E-state index >= 15 is 0 Å². The van der Waals surface area contributed by atoms with Gasteiger partial charge in [-0.15, -0.1) is 0 Å². The molecule has 0 radical (unpaired) electrons. The zero-order valence-electron chi connectivity index (χ0n) is 20.3. The maximum absolute atomic E-state index is 12.9. The Morgan fingerprint density at radius 3 is 2.53 bits per heavy atom. The molecule has 3 aromatic rings.